The van der Waals surface area contributed by atoms with Gasteiger partial charge in [-0.2, -0.15) is 0 Å². The van der Waals surface area contributed by atoms with Gasteiger partial charge in [0.05, 0.1) is 6.61 Å². The highest BCUT2D eigenvalue weighted by Crippen LogP contribution is 2.17. The fraction of sp³-hybridized carbons (Fsp3) is 1.00. The molecule has 0 bridgehead atoms. The van der Waals surface area contributed by atoms with Crippen molar-refractivity contribution in [2.75, 3.05) is 19.8 Å². The molecule has 1 heterocycles. The molecule has 10 heavy (non-hydrogen) atoms. The average Bonchev–Trinajstić information content (AvgIpc) is 2.69. The molecule has 0 aromatic carbocycles. The molecule has 0 radical (unpaired) electrons. The highest BCUT2D eigenvalue weighted by atomic mass is 16.7. The van der Waals surface area contributed by atoms with Gasteiger partial charge in [0.15, 0.2) is 6.29 Å². The van der Waals surface area contributed by atoms with Crippen LogP contribution in [0.1, 0.15) is 13.8 Å². The van der Waals surface area contributed by atoms with Gasteiger partial charge in [-0.15, -0.1) is 0 Å². The molecule has 1 rings (SSSR count). The lowest BCUT2D eigenvalue weighted by Gasteiger charge is -2.13. The van der Waals surface area contributed by atoms with Gasteiger partial charge in [0.1, 0.15) is 6.10 Å². The lowest BCUT2D eigenvalue weighted by atomic mass is 10.4. The van der Waals surface area contributed by atoms with E-state index in [0.717, 1.165) is 6.61 Å². The third-order valence-electron chi connectivity index (χ3n) is 1.32. The van der Waals surface area contributed by atoms with Gasteiger partial charge in [0, 0.05) is 13.2 Å². The van der Waals surface area contributed by atoms with E-state index in [1.54, 1.807) is 0 Å². The summed E-state index contributed by atoms with van der Waals surface area (Å²) in [6.07, 6.45) is 0.0647. The molecule has 0 aromatic heterocycles. The van der Waals surface area contributed by atoms with Crippen LogP contribution in [0.3, 0.4) is 0 Å². The molecule has 0 aromatic rings. The van der Waals surface area contributed by atoms with E-state index in [0.29, 0.717) is 13.2 Å². The van der Waals surface area contributed by atoms with E-state index >= 15 is 0 Å². The van der Waals surface area contributed by atoms with Gasteiger partial charge in [0.2, 0.25) is 0 Å². The summed E-state index contributed by atoms with van der Waals surface area (Å²) in [5.41, 5.74) is 0. The Kier molecular flexibility index (Phi) is 3.12. The van der Waals surface area contributed by atoms with Crippen LogP contribution >= 0.6 is 0 Å². The normalized spacial score (nSPS) is 23.7. The molecular weight excluding hydrogens is 132 g/mol. The summed E-state index contributed by atoms with van der Waals surface area (Å²) in [4.78, 5) is 0. The van der Waals surface area contributed by atoms with E-state index in [4.69, 9.17) is 14.2 Å². The van der Waals surface area contributed by atoms with Crippen molar-refractivity contribution in [3.63, 3.8) is 0 Å². The lowest BCUT2D eigenvalue weighted by molar-refractivity contribution is -0.147. The molecule has 1 aliphatic heterocycles. The predicted molar refractivity (Wildman–Crippen MR) is 36.8 cm³/mol. The number of hydrogen-bond acceptors (Lipinski definition) is 3. The molecule has 0 aliphatic carbocycles. The standard InChI is InChI=1S/C7H14O3/c1-3-8-7(9-4-2)6-5-10-6/h6-7H,3-5H2,1-2H3/t6-/m0/s1. The quantitative estimate of drug-likeness (QED) is 0.424. The topological polar surface area (TPSA) is 31.0 Å². The van der Waals surface area contributed by atoms with Crippen LogP contribution in [0.5, 0.6) is 0 Å². The molecule has 1 saturated heterocycles. The van der Waals surface area contributed by atoms with Gasteiger partial charge in [-0.25, -0.2) is 0 Å². The zero-order valence-corrected chi connectivity index (χ0v) is 6.50. The van der Waals surface area contributed by atoms with Gasteiger partial charge in [-0.3, -0.25) is 0 Å². The van der Waals surface area contributed by atoms with Gasteiger partial charge < -0.3 is 14.2 Å². The highest BCUT2D eigenvalue weighted by Gasteiger charge is 2.33. The minimum absolute atomic E-state index is 0.130. The highest BCUT2D eigenvalue weighted by molar-refractivity contribution is 4.73. The first-order valence-electron chi connectivity index (χ1n) is 3.73. The fourth-order valence-corrected chi connectivity index (χ4v) is 0.804. The van der Waals surface area contributed by atoms with Crippen LogP contribution in [-0.4, -0.2) is 32.2 Å². The summed E-state index contributed by atoms with van der Waals surface area (Å²) in [6, 6.07) is 0. The van der Waals surface area contributed by atoms with E-state index in [9.17, 15) is 0 Å². The van der Waals surface area contributed by atoms with E-state index in [-0.39, 0.29) is 12.4 Å². The Morgan fingerprint density at radius 1 is 1.40 bits per heavy atom. The Labute approximate surface area is 61.3 Å². The van der Waals surface area contributed by atoms with E-state index in [2.05, 4.69) is 0 Å². The third-order valence-corrected chi connectivity index (χ3v) is 1.32. The van der Waals surface area contributed by atoms with Gasteiger partial charge in [0.25, 0.3) is 0 Å². The average molecular weight is 146 g/mol. The van der Waals surface area contributed by atoms with E-state index < -0.39 is 0 Å². The van der Waals surface area contributed by atoms with Crippen LogP contribution < -0.4 is 0 Å². The van der Waals surface area contributed by atoms with Crippen LogP contribution in [0.2, 0.25) is 0 Å². The minimum atomic E-state index is -0.130. The van der Waals surface area contributed by atoms with Crippen molar-refractivity contribution in [2.45, 2.75) is 26.2 Å². The van der Waals surface area contributed by atoms with Gasteiger partial charge in [-0.05, 0) is 13.8 Å². The Hall–Kier alpha value is -0.120. The van der Waals surface area contributed by atoms with Crippen LogP contribution in [0.15, 0.2) is 0 Å². The molecule has 0 unspecified atom stereocenters. The van der Waals surface area contributed by atoms with Crippen LogP contribution in [0, 0.1) is 0 Å². The first-order valence-corrected chi connectivity index (χ1v) is 3.73. The molecule has 3 heteroatoms. The lowest BCUT2D eigenvalue weighted by Crippen LogP contribution is -2.23. The number of hydrogen-bond donors (Lipinski definition) is 0. The number of ether oxygens (including phenoxy) is 3. The fourth-order valence-electron chi connectivity index (χ4n) is 0.804. The molecule has 60 valence electrons. The molecule has 0 saturated carbocycles. The van der Waals surface area contributed by atoms with Crippen molar-refractivity contribution in [1.29, 1.82) is 0 Å². The van der Waals surface area contributed by atoms with Crippen molar-refractivity contribution in [3.05, 3.63) is 0 Å². The predicted octanol–water partition coefficient (Wildman–Crippen LogP) is 0.784. The molecule has 3 nitrogen and oxygen atoms in total. The van der Waals surface area contributed by atoms with Crippen LogP contribution in [0.25, 0.3) is 0 Å². The smallest absolute Gasteiger partial charge is 0.185 e. The largest absolute Gasteiger partial charge is 0.368 e. The first kappa shape index (κ1) is 7.98. The van der Waals surface area contributed by atoms with Crippen LogP contribution in [0.4, 0.5) is 0 Å². The molecule has 0 amide bonds. The molecule has 1 atom stereocenters. The van der Waals surface area contributed by atoms with Gasteiger partial charge >= 0.3 is 0 Å². The van der Waals surface area contributed by atoms with Crippen molar-refractivity contribution in [2.24, 2.45) is 0 Å². The van der Waals surface area contributed by atoms with E-state index in [1.165, 1.54) is 0 Å². The summed E-state index contributed by atoms with van der Waals surface area (Å²) in [5.74, 6) is 0. The van der Waals surface area contributed by atoms with Crippen molar-refractivity contribution in [1.82, 2.24) is 0 Å². The Bertz CT molecular complexity index is 84.9. The Balaban J connectivity index is 2.13. The maximum Gasteiger partial charge on any atom is 0.185 e. The zero-order valence-electron chi connectivity index (χ0n) is 6.50. The summed E-state index contributed by atoms with van der Waals surface area (Å²) >= 11 is 0. The molecule has 1 aliphatic rings. The first-order chi connectivity index (χ1) is 4.88. The molecule has 0 N–H and O–H groups in total. The van der Waals surface area contributed by atoms with Crippen molar-refractivity contribution in [3.8, 4) is 0 Å². The van der Waals surface area contributed by atoms with E-state index in [1.807, 2.05) is 13.8 Å². The van der Waals surface area contributed by atoms with Gasteiger partial charge in [-0.1, -0.05) is 0 Å². The Morgan fingerprint density at radius 3 is 2.20 bits per heavy atom. The third kappa shape index (κ3) is 2.25. The molecule has 1 fully saturated rings. The SMILES string of the molecule is CCOC(OCC)[C@@H]1CO1. The summed E-state index contributed by atoms with van der Waals surface area (Å²) in [5, 5.41) is 0. The number of epoxide rings is 1. The van der Waals surface area contributed by atoms with Crippen LogP contribution in [-0.2, 0) is 14.2 Å². The molecule has 0 spiro atoms. The second-order valence-electron chi connectivity index (χ2n) is 2.15. The zero-order chi connectivity index (χ0) is 7.40. The van der Waals surface area contributed by atoms with Crippen molar-refractivity contribution >= 4 is 0 Å². The maximum absolute atomic E-state index is 5.26. The second kappa shape index (κ2) is 3.91. The summed E-state index contributed by atoms with van der Waals surface area (Å²) in [7, 11) is 0. The second-order valence-corrected chi connectivity index (χ2v) is 2.15. The number of rotatable bonds is 5. The minimum Gasteiger partial charge on any atom is -0.368 e. The van der Waals surface area contributed by atoms with Crippen molar-refractivity contribution < 1.29 is 14.2 Å². The summed E-state index contributed by atoms with van der Waals surface area (Å²) in [6.45, 7) is 6.06. The maximum atomic E-state index is 5.26. The molecular formula is C7H14O3. The monoisotopic (exact) mass is 146 g/mol. The Morgan fingerprint density at radius 2 is 1.90 bits per heavy atom. The summed E-state index contributed by atoms with van der Waals surface area (Å²) < 4.78 is 15.5.